The number of rotatable bonds is 3. The van der Waals surface area contributed by atoms with Crippen molar-refractivity contribution in [3.8, 4) is 0 Å². The van der Waals surface area contributed by atoms with Gasteiger partial charge in [-0.3, -0.25) is 5.32 Å². The molecule has 0 spiro atoms. The molecule has 0 saturated heterocycles. The van der Waals surface area contributed by atoms with E-state index in [1.807, 2.05) is 54.8 Å². The molecular weight excluding hydrogens is 336 g/mol. The van der Waals surface area contributed by atoms with E-state index < -0.39 is 0 Å². The van der Waals surface area contributed by atoms with Crippen molar-refractivity contribution in [2.75, 3.05) is 16.9 Å². The van der Waals surface area contributed by atoms with E-state index in [-0.39, 0.29) is 6.03 Å². The SMILES string of the molecule is CSc1cccc(NC(=O)Nc2sc3ccccc3c2Cl)c1. The van der Waals surface area contributed by atoms with Gasteiger partial charge in [-0.2, -0.15) is 0 Å². The van der Waals surface area contributed by atoms with Crippen LogP contribution in [0.1, 0.15) is 0 Å². The van der Waals surface area contributed by atoms with Crippen molar-refractivity contribution < 1.29 is 4.79 Å². The Bertz CT molecular complexity index is 832. The minimum absolute atomic E-state index is 0.299. The largest absolute Gasteiger partial charge is 0.324 e. The number of hydrogen-bond acceptors (Lipinski definition) is 3. The summed E-state index contributed by atoms with van der Waals surface area (Å²) in [6.45, 7) is 0. The van der Waals surface area contributed by atoms with E-state index in [0.717, 1.165) is 20.7 Å². The van der Waals surface area contributed by atoms with Crippen molar-refractivity contribution >= 4 is 61.5 Å². The fourth-order valence-corrected chi connectivity index (χ4v) is 3.89. The Hall–Kier alpha value is -1.69. The van der Waals surface area contributed by atoms with Gasteiger partial charge in [-0.05, 0) is 30.5 Å². The fraction of sp³-hybridized carbons (Fsp3) is 0.0625. The molecule has 0 atom stereocenters. The lowest BCUT2D eigenvalue weighted by atomic mass is 10.3. The van der Waals surface area contributed by atoms with Crippen molar-refractivity contribution in [2.24, 2.45) is 0 Å². The van der Waals surface area contributed by atoms with Crippen LogP contribution >= 0.6 is 34.7 Å². The minimum Gasteiger partial charge on any atom is -0.308 e. The van der Waals surface area contributed by atoms with Crippen molar-refractivity contribution in [1.82, 2.24) is 0 Å². The van der Waals surface area contributed by atoms with Crippen LogP contribution in [0.25, 0.3) is 10.1 Å². The van der Waals surface area contributed by atoms with Gasteiger partial charge in [-0.25, -0.2) is 4.79 Å². The van der Waals surface area contributed by atoms with E-state index in [9.17, 15) is 4.79 Å². The van der Waals surface area contributed by atoms with E-state index in [2.05, 4.69) is 10.6 Å². The zero-order valence-corrected chi connectivity index (χ0v) is 14.1. The van der Waals surface area contributed by atoms with Crippen LogP contribution in [-0.4, -0.2) is 12.3 Å². The van der Waals surface area contributed by atoms with Crippen LogP contribution in [0.2, 0.25) is 5.02 Å². The molecule has 3 aromatic rings. The molecular formula is C16H13ClN2OS2. The maximum absolute atomic E-state index is 12.1. The fourth-order valence-electron chi connectivity index (χ4n) is 2.06. The molecule has 0 saturated carbocycles. The van der Waals surface area contributed by atoms with Crippen molar-refractivity contribution in [2.45, 2.75) is 4.90 Å². The average molecular weight is 349 g/mol. The normalized spacial score (nSPS) is 10.6. The summed E-state index contributed by atoms with van der Waals surface area (Å²) < 4.78 is 1.05. The summed E-state index contributed by atoms with van der Waals surface area (Å²) in [4.78, 5) is 13.2. The highest BCUT2D eigenvalue weighted by atomic mass is 35.5. The second-order valence-electron chi connectivity index (χ2n) is 4.55. The lowest BCUT2D eigenvalue weighted by Crippen LogP contribution is -2.18. The lowest BCUT2D eigenvalue weighted by Gasteiger charge is -2.07. The van der Waals surface area contributed by atoms with Gasteiger partial charge < -0.3 is 5.32 Å². The molecule has 0 aliphatic carbocycles. The molecule has 22 heavy (non-hydrogen) atoms. The van der Waals surface area contributed by atoms with Crippen molar-refractivity contribution in [1.29, 1.82) is 0 Å². The van der Waals surface area contributed by atoms with Crippen LogP contribution in [0.15, 0.2) is 53.4 Å². The Kier molecular flexibility index (Phi) is 4.57. The number of carbonyl (C=O) groups is 1. The number of carbonyl (C=O) groups excluding carboxylic acids is 1. The Morgan fingerprint density at radius 3 is 2.73 bits per heavy atom. The van der Waals surface area contributed by atoms with Gasteiger partial charge in [0.2, 0.25) is 0 Å². The first-order valence-electron chi connectivity index (χ1n) is 6.56. The second-order valence-corrected chi connectivity index (χ2v) is 6.86. The summed E-state index contributed by atoms with van der Waals surface area (Å²) in [6, 6.07) is 15.2. The standard InChI is InChI=1S/C16H13ClN2OS2/c1-21-11-6-4-5-10(9-11)18-16(20)19-15-14(17)12-7-2-3-8-13(12)22-15/h2-9H,1H3,(H2,18,19,20). The minimum atomic E-state index is -0.299. The number of thioether (sulfide) groups is 1. The van der Waals surface area contributed by atoms with Gasteiger partial charge in [0.1, 0.15) is 5.00 Å². The number of anilines is 2. The molecule has 0 aliphatic heterocycles. The first-order chi connectivity index (χ1) is 10.7. The van der Waals surface area contributed by atoms with Gasteiger partial charge in [0.25, 0.3) is 0 Å². The molecule has 1 heterocycles. The van der Waals surface area contributed by atoms with Gasteiger partial charge in [0.15, 0.2) is 0 Å². The van der Waals surface area contributed by atoms with Gasteiger partial charge in [-0.15, -0.1) is 23.1 Å². The second kappa shape index (κ2) is 6.60. The number of fused-ring (bicyclic) bond motifs is 1. The quantitative estimate of drug-likeness (QED) is 0.577. The summed E-state index contributed by atoms with van der Waals surface area (Å²) in [7, 11) is 0. The number of benzene rings is 2. The first kappa shape index (κ1) is 15.2. The molecule has 0 unspecified atom stereocenters. The molecule has 2 aromatic carbocycles. The maximum atomic E-state index is 12.1. The highest BCUT2D eigenvalue weighted by molar-refractivity contribution is 7.98. The Morgan fingerprint density at radius 1 is 1.14 bits per heavy atom. The lowest BCUT2D eigenvalue weighted by molar-refractivity contribution is 0.262. The molecule has 0 radical (unpaired) electrons. The predicted molar refractivity (Wildman–Crippen MR) is 97.7 cm³/mol. The van der Waals surface area contributed by atoms with Crippen LogP contribution in [0.3, 0.4) is 0 Å². The summed E-state index contributed by atoms with van der Waals surface area (Å²) in [5.41, 5.74) is 0.751. The van der Waals surface area contributed by atoms with Crippen LogP contribution in [-0.2, 0) is 0 Å². The molecule has 0 bridgehead atoms. The van der Waals surface area contributed by atoms with Crippen LogP contribution in [0, 0.1) is 0 Å². The van der Waals surface area contributed by atoms with E-state index in [4.69, 9.17) is 11.6 Å². The highest BCUT2D eigenvalue weighted by Gasteiger charge is 2.12. The molecule has 0 fully saturated rings. The third-order valence-corrected chi connectivity index (χ3v) is 5.41. The highest BCUT2D eigenvalue weighted by Crippen LogP contribution is 2.39. The third kappa shape index (κ3) is 3.21. The number of nitrogens with one attached hydrogen (secondary N) is 2. The maximum Gasteiger partial charge on any atom is 0.324 e. The molecule has 6 heteroatoms. The molecule has 3 nitrogen and oxygen atoms in total. The number of amides is 2. The molecule has 0 aliphatic rings. The Morgan fingerprint density at radius 2 is 1.95 bits per heavy atom. The third-order valence-electron chi connectivity index (χ3n) is 3.09. The smallest absolute Gasteiger partial charge is 0.308 e. The summed E-state index contributed by atoms with van der Waals surface area (Å²) in [5.74, 6) is 0. The van der Waals surface area contributed by atoms with Gasteiger partial charge in [0, 0.05) is 20.7 Å². The number of thiophene rings is 1. The van der Waals surface area contributed by atoms with Crippen molar-refractivity contribution in [3.05, 3.63) is 53.6 Å². The molecule has 1 aromatic heterocycles. The van der Waals surface area contributed by atoms with Gasteiger partial charge in [0.05, 0.1) is 5.02 Å². The van der Waals surface area contributed by atoms with Crippen LogP contribution in [0.5, 0.6) is 0 Å². The molecule has 112 valence electrons. The van der Waals surface area contributed by atoms with E-state index in [1.54, 1.807) is 11.8 Å². The van der Waals surface area contributed by atoms with E-state index in [1.165, 1.54) is 11.3 Å². The average Bonchev–Trinajstić information content (AvgIpc) is 2.84. The van der Waals surface area contributed by atoms with Crippen molar-refractivity contribution in [3.63, 3.8) is 0 Å². The summed E-state index contributed by atoms with van der Waals surface area (Å²) in [5, 5.41) is 7.82. The van der Waals surface area contributed by atoms with Gasteiger partial charge in [-0.1, -0.05) is 35.9 Å². The van der Waals surface area contributed by atoms with Gasteiger partial charge >= 0.3 is 6.03 Å². The molecule has 3 rings (SSSR count). The molecule has 2 amide bonds. The summed E-state index contributed by atoms with van der Waals surface area (Å²) in [6.07, 6.45) is 2.00. The van der Waals surface area contributed by atoms with Crippen LogP contribution < -0.4 is 10.6 Å². The topological polar surface area (TPSA) is 41.1 Å². The first-order valence-corrected chi connectivity index (χ1v) is 8.98. The zero-order chi connectivity index (χ0) is 15.5. The van der Waals surface area contributed by atoms with E-state index in [0.29, 0.717) is 10.0 Å². The zero-order valence-electron chi connectivity index (χ0n) is 11.7. The molecule has 2 N–H and O–H groups in total. The number of hydrogen-bond donors (Lipinski definition) is 2. The number of urea groups is 1. The monoisotopic (exact) mass is 348 g/mol. The van der Waals surface area contributed by atoms with Crippen LogP contribution in [0.4, 0.5) is 15.5 Å². The summed E-state index contributed by atoms with van der Waals surface area (Å²) >= 11 is 9.41. The number of halogens is 1. The Balaban J connectivity index is 1.76. The Labute approximate surface area is 141 Å². The predicted octanol–water partition coefficient (Wildman–Crippen LogP) is 5.92. The van der Waals surface area contributed by atoms with E-state index >= 15 is 0 Å².